The molecule has 1 aromatic carbocycles. The molecule has 0 aliphatic carbocycles. The number of esters is 1. The molecule has 3 aromatic rings. The van der Waals surface area contributed by atoms with Crippen LogP contribution in [-0.2, 0) is 16.1 Å². The van der Waals surface area contributed by atoms with Gasteiger partial charge in [0.25, 0.3) is 11.8 Å². The number of thiophene rings is 1. The van der Waals surface area contributed by atoms with Gasteiger partial charge in [-0.2, -0.15) is 11.3 Å². The highest BCUT2D eigenvalue weighted by Crippen LogP contribution is 2.27. The summed E-state index contributed by atoms with van der Waals surface area (Å²) in [6, 6.07) is 7.49. The summed E-state index contributed by atoms with van der Waals surface area (Å²) >= 11 is 3.06. The molecular formula is C19H14N2O4S2. The molecule has 6 nitrogen and oxygen atoms in total. The number of amides is 2. The first-order valence-corrected chi connectivity index (χ1v) is 9.99. The summed E-state index contributed by atoms with van der Waals surface area (Å²) in [5.74, 6) is -1.60. The molecule has 0 fully saturated rings. The zero-order chi connectivity index (χ0) is 19.0. The van der Waals surface area contributed by atoms with Crippen LogP contribution in [0.15, 0.2) is 46.5 Å². The van der Waals surface area contributed by atoms with Crippen molar-refractivity contribution in [2.75, 3.05) is 0 Å². The second-order valence-electron chi connectivity index (χ2n) is 5.97. The maximum atomic E-state index is 12.4. The summed E-state index contributed by atoms with van der Waals surface area (Å²) in [7, 11) is 0. The van der Waals surface area contributed by atoms with E-state index >= 15 is 0 Å². The summed E-state index contributed by atoms with van der Waals surface area (Å²) < 4.78 is 5.29. The molecule has 0 radical (unpaired) electrons. The van der Waals surface area contributed by atoms with E-state index in [0.717, 1.165) is 15.5 Å². The van der Waals surface area contributed by atoms with Gasteiger partial charge in [-0.05, 0) is 30.5 Å². The molecule has 1 atom stereocenters. The third-order valence-corrected chi connectivity index (χ3v) is 5.86. The van der Waals surface area contributed by atoms with Crippen molar-refractivity contribution in [3.63, 3.8) is 0 Å². The Morgan fingerprint density at radius 3 is 2.48 bits per heavy atom. The summed E-state index contributed by atoms with van der Waals surface area (Å²) in [6.45, 7) is 1.48. The Morgan fingerprint density at radius 1 is 1.15 bits per heavy atom. The minimum absolute atomic E-state index is 0.00696. The van der Waals surface area contributed by atoms with Gasteiger partial charge in [0.05, 0.1) is 16.8 Å². The van der Waals surface area contributed by atoms with Crippen LogP contribution in [0, 0.1) is 0 Å². The van der Waals surface area contributed by atoms with Gasteiger partial charge < -0.3 is 4.74 Å². The number of thiazole rings is 1. The van der Waals surface area contributed by atoms with Crippen molar-refractivity contribution in [1.82, 2.24) is 9.88 Å². The standard InChI is InChI=1S/C19H14N2O4S2/c1-11(21-17(22)14-4-2-3-5-15(14)18(21)23)19(24)25-8-13-10-27-16(20-13)12-6-7-26-9-12/h2-7,9-11H,8H2,1H3/t11-/m0/s1. The van der Waals surface area contributed by atoms with E-state index in [1.165, 1.54) is 18.3 Å². The fraction of sp³-hybridized carbons (Fsp3) is 0.158. The molecule has 8 heteroatoms. The van der Waals surface area contributed by atoms with Gasteiger partial charge in [-0.3, -0.25) is 14.5 Å². The Morgan fingerprint density at radius 2 is 1.85 bits per heavy atom. The van der Waals surface area contributed by atoms with Crippen LogP contribution in [0.3, 0.4) is 0 Å². The third-order valence-electron chi connectivity index (χ3n) is 4.24. The molecule has 0 unspecified atom stereocenters. The number of imide groups is 1. The van der Waals surface area contributed by atoms with E-state index < -0.39 is 23.8 Å². The molecule has 0 spiro atoms. The monoisotopic (exact) mass is 398 g/mol. The number of fused-ring (bicyclic) bond motifs is 1. The average Bonchev–Trinajstić information content (AvgIpc) is 3.41. The van der Waals surface area contributed by atoms with Crippen molar-refractivity contribution in [1.29, 1.82) is 0 Å². The smallest absolute Gasteiger partial charge is 0.329 e. The lowest BCUT2D eigenvalue weighted by atomic mass is 10.1. The molecule has 4 rings (SSSR count). The van der Waals surface area contributed by atoms with Crippen molar-refractivity contribution in [2.24, 2.45) is 0 Å². The zero-order valence-electron chi connectivity index (χ0n) is 14.2. The van der Waals surface area contributed by atoms with E-state index in [9.17, 15) is 14.4 Å². The van der Waals surface area contributed by atoms with E-state index in [4.69, 9.17) is 4.74 Å². The topological polar surface area (TPSA) is 76.6 Å². The number of benzene rings is 1. The number of rotatable bonds is 5. The van der Waals surface area contributed by atoms with E-state index in [1.807, 2.05) is 22.2 Å². The van der Waals surface area contributed by atoms with Crippen LogP contribution in [-0.4, -0.2) is 33.7 Å². The number of ether oxygens (including phenoxy) is 1. The Bertz CT molecular complexity index is 991. The molecule has 1 aliphatic heterocycles. The highest BCUT2D eigenvalue weighted by molar-refractivity contribution is 7.14. The second-order valence-corrected chi connectivity index (χ2v) is 7.60. The number of nitrogens with zero attached hydrogens (tertiary/aromatic N) is 2. The molecule has 0 N–H and O–H groups in total. The first-order valence-electron chi connectivity index (χ1n) is 8.17. The maximum absolute atomic E-state index is 12.4. The van der Waals surface area contributed by atoms with Crippen LogP contribution in [0.1, 0.15) is 33.3 Å². The maximum Gasteiger partial charge on any atom is 0.329 e. The van der Waals surface area contributed by atoms with Gasteiger partial charge >= 0.3 is 5.97 Å². The predicted molar refractivity (Wildman–Crippen MR) is 102 cm³/mol. The van der Waals surface area contributed by atoms with Gasteiger partial charge in [0, 0.05) is 16.3 Å². The Balaban J connectivity index is 1.42. The molecule has 2 aromatic heterocycles. The fourth-order valence-corrected chi connectivity index (χ4v) is 4.34. The summed E-state index contributed by atoms with van der Waals surface area (Å²) in [5.41, 5.74) is 2.27. The zero-order valence-corrected chi connectivity index (χ0v) is 15.9. The predicted octanol–water partition coefficient (Wildman–Crippen LogP) is 3.60. The summed E-state index contributed by atoms with van der Waals surface area (Å²) in [5, 5.41) is 6.65. The van der Waals surface area contributed by atoms with Gasteiger partial charge in [0.1, 0.15) is 17.7 Å². The number of hydrogen-bond donors (Lipinski definition) is 0. The molecule has 136 valence electrons. The largest absolute Gasteiger partial charge is 0.458 e. The van der Waals surface area contributed by atoms with Crippen LogP contribution >= 0.6 is 22.7 Å². The number of hydrogen-bond acceptors (Lipinski definition) is 7. The summed E-state index contributed by atoms with van der Waals surface area (Å²) in [6.07, 6.45) is 0. The van der Waals surface area contributed by atoms with Crippen LogP contribution in [0.4, 0.5) is 0 Å². The lowest BCUT2D eigenvalue weighted by Crippen LogP contribution is -2.43. The van der Waals surface area contributed by atoms with Crippen LogP contribution < -0.4 is 0 Å². The van der Waals surface area contributed by atoms with Gasteiger partial charge in [-0.1, -0.05) is 12.1 Å². The average molecular weight is 398 g/mol. The normalized spacial score (nSPS) is 14.3. The molecule has 0 bridgehead atoms. The lowest BCUT2D eigenvalue weighted by molar-refractivity contribution is -0.149. The number of aromatic nitrogens is 1. The van der Waals surface area contributed by atoms with E-state index in [0.29, 0.717) is 16.8 Å². The molecule has 2 amide bonds. The van der Waals surface area contributed by atoms with E-state index in [1.54, 1.807) is 35.6 Å². The highest BCUT2D eigenvalue weighted by Gasteiger charge is 2.41. The Kier molecular flexibility index (Phi) is 4.59. The van der Waals surface area contributed by atoms with Crippen LogP contribution in [0.2, 0.25) is 0 Å². The molecule has 0 saturated carbocycles. The Hall–Kier alpha value is -2.84. The lowest BCUT2D eigenvalue weighted by Gasteiger charge is -2.20. The SMILES string of the molecule is C[C@@H](C(=O)OCc1csc(-c2ccsc2)n1)N1C(=O)c2ccccc2C1=O. The van der Waals surface area contributed by atoms with E-state index in [-0.39, 0.29) is 6.61 Å². The van der Waals surface area contributed by atoms with Crippen molar-refractivity contribution >= 4 is 40.5 Å². The molecule has 27 heavy (non-hydrogen) atoms. The summed E-state index contributed by atoms with van der Waals surface area (Å²) in [4.78, 5) is 42.7. The fourth-order valence-electron chi connectivity index (χ4n) is 2.82. The van der Waals surface area contributed by atoms with Crippen molar-refractivity contribution in [2.45, 2.75) is 19.6 Å². The van der Waals surface area contributed by atoms with Gasteiger partial charge in [0.2, 0.25) is 0 Å². The number of carbonyl (C=O) groups excluding carboxylic acids is 3. The molecular weight excluding hydrogens is 384 g/mol. The first kappa shape index (κ1) is 17.6. The minimum Gasteiger partial charge on any atom is -0.458 e. The van der Waals surface area contributed by atoms with Crippen molar-refractivity contribution in [3.8, 4) is 10.6 Å². The molecule has 0 saturated heterocycles. The van der Waals surface area contributed by atoms with Gasteiger partial charge in [-0.15, -0.1) is 11.3 Å². The van der Waals surface area contributed by atoms with E-state index in [2.05, 4.69) is 4.98 Å². The molecule has 1 aliphatic rings. The van der Waals surface area contributed by atoms with Gasteiger partial charge in [-0.25, -0.2) is 9.78 Å². The number of carbonyl (C=O) groups is 3. The van der Waals surface area contributed by atoms with Crippen molar-refractivity contribution < 1.29 is 19.1 Å². The van der Waals surface area contributed by atoms with Gasteiger partial charge in [0.15, 0.2) is 0 Å². The van der Waals surface area contributed by atoms with Crippen LogP contribution in [0.5, 0.6) is 0 Å². The molecule has 3 heterocycles. The highest BCUT2D eigenvalue weighted by atomic mass is 32.1. The second kappa shape index (κ2) is 7.05. The third kappa shape index (κ3) is 3.17. The Labute approximate surface area is 163 Å². The minimum atomic E-state index is -1.01. The first-order chi connectivity index (χ1) is 13.1. The quantitative estimate of drug-likeness (QED) is 0.485. The van der Waals surface area contributed by atoms with Crippen molar-refractivity contribution in [3.05, 3.63) is 63.3 Å². The van der Waals surface area contributed by atoms with Crippen LogP contribution in [0.25, 0.3) is 10.6 Å².